The minimum atomic E-state index is -0.451. The molecule has 2 aliphatic rings. The lowest BCUT2D eigenvalue weighted by Gasteiger charge is -2.40. The van der Waals surface area contributed by atoms with E-state index in [1.54, 1.807) is 32.2 Å². The summed E-state index contributed by atoms with van der Waals surface area (Å²) in [6.07, 6.45) is 3.48. The van der Waals surface area contributed by atoms with Crippen LogP contribution in [-0.4, -0.2) is 58.6 Å². The molecule has 1 fully saturated rings. The van der Waals surface area contributed by atoms with Gasteiger partial charge in [-0.2, -0.15) is 0 Å². The molecule has 10 nitrogen and oxygen atoms in total. The van der Waals surface area contributed by atoms with Gasteiger partial charge in [-0.25, -0.2) is 4.39 Å². The molecule has 204 valence electrons. The number of benzene rings is 2. The molecule has 1 unspecified atom stereocenters. The largest absolute Gasteiger partial charge is 0.367 e. The Labute approximate surface area is 230 Å². The smallest absolute Gasteiger partial charge is 0.271 e. The maximum absolute atomic E-state index is 15.3. The van der Waals surface area contributed by atoms with E-state index in [4.69, 9.17) is 4.52 Å². The van der Waals surface area contributed by atoms with E-state index in [1.165, 1.54) is 6.07 Å². The first-order chi connectivity index (χ1) is 19.4. The van der Waals surface area contributed by atoms with Gasteiger partial charge in [-0.15, -0.1) is 0 Å². The Morgan fingerprint density at radius 2 is 1.90 bits per heavy atom. The zero-order valence-corrected chi connectivity index (χ0v) is 22.2. The van der Waals surface area contributed by atoms with Gasteiger partial charge in [-0.05, 0) is 37.6 Å². The highest BCUT2D eigenvalue weighted by Crippen LogP contribution is 2.38. The molecule has 0 aliphatic carbocycles. The van der Waals surface area contributed by atoms with E-state index in [9.17, 15) is 9.70 Å². The van der Waals surface area contributed by atoms with Crippen LogP contribution in [0.25, 0.3) is 0 Å². The van der Waals surface area contributed by atoms with Crippen LogP contribution in [0.3, 0.4) is 0 Å². The van der Waals surface area contributed by atoms with Gasteiger partial charge in [-0.3, -0.25) is 14.7 Å². The number of piperazine rings is 1. The number of halogens is 1. The summed E-state index contributed by atoms with van der Waals surface area (Å²) in [6.45, 7) is 5.93. The lowest BCUT2D eigenvalue weighted by molar-refractivity contribution is -0.456. The average Bonchev–Trinajstić information content (AvgIpc) is 3.22. The van der Waals surface area contributed by atoms with Crippen LogP contribution in [0.2, 0.25) is 0 Å². The van der Waals surface area contributed by atoms with Crippen LogP contribution in [-0.2, 0) is 0 Å². The summed E-state index contributed by atoms with van der Waals surface area (Å²) >= 11 is 0. The monoisotopic (exact) mass is 542 g/mol. The third-order valence-corrected chi connectivity index (χ3v) is 7.57. The summed E-state index contributed by atoms with van der Waals surface area (Å²) in [6, 6.07) is 13.9. The molecule has 1 atom stereocenters. The van der Waals surface area contributed by atoms with Crippen molar-refractivity contribution in [2.45, 2.75) is 19.9 Å². The number of rotatable bonds is 6. The van der Waals surface area contributed by atoms with Gasteiger partial charge >= 0.3 is 0 Å². The number of aryl methyl sites for hydroxylation is 2. The van der Waals surface area contributed by atoms with Gasteiger partial charge in [0, 0.05) is 66.4 Å². The summed E-state index contributed by atoms with van der Waals surface area (Å²) in [4.78, 5) is 34.2. The molecule has 11 heteroatoms. The van der Waals surface area contributed by atoms with Crippen molar-refractivity contribution >= 4 is 28.7 Å². The van der Waals surface area contributed by atoms with Gasteiger partial charge in [0.1, 0.15) is 11.4 Å². The predicted octanol–water partition coefficient (Wildman–Crippen LogP) is 4.78. The Morgan fingerprint density at radius 3 is 2.65 bits per heavy atom. The molecule has 2 aromatic carbocycles. The highest BCUT2D eigenvalue weighted by Gasteiger charge is 2.34. The van der Waals surface area contributed by atoms with Crippen LogP contribution in [0.5, 0.6) is 0 Å². The van der Waals surface area contributed by atoms with E-state index >= 15 is 4.39 Å². The van der Waals surface area contributed by atoms with Crippen LogP contribution in [0.15, 0.2) is 65.4 Å². The summed E-state index contributed by atoms with van der Waals surface area (Å²) in [5.41, 5.74) is 5.23. The van der Waals surface area contributed by atoms with Crippen LogP contribution in [0.4, 0.5) is 27.1 Å². The highest BCUT2D eigenvalue weighted by molar-refractivity contribution is 6.07. The molecule has 0 spiro atoms. The lowest BCUT2D eigenvalue weighted by atomic mass is 9.94. The fraction of sp³-hybridized carbons (Fsp3) is 0.276. The van der Waals surface area contributed by atoms with Crippen molar-refractivity contribution in [3.05, 3.63) is 99.8 Å². The Hall–Kier alpha value is -4.64. The van der Waals surface area contributed by atoms with Crippen molar-refractivity contribution in [1.82, 2.24) is 15.0 Å². The fourth-order valence-electron chi connectivity index (χ4n) is 5.54. The van der Waals surface area contributed by atoms with Crippen molar-refractivity contribution in [2.24, 2.45) is 0 Å². The maximum atomic E-state index is 15.3. The number of aromatic nitrogens is 2. The first kappa shape index (κ1) is 25.6. The number of hydrogen-bond acceptors (Lipinski definition) is 8. The summed E-state index contributed by atoms with van der Waals surface area (Å²) in [5.74, 6) is -0.00418. The molecular weight excluding hydrogens is 513 g/mol. The zero-order valence-electron chi connectivity index (χ0n) is 22.2. The number of anilines is 3. The van der Waals surface area contributed by atoms with Gasteiger partial charge in [0.2, 0.25) is 0 Å². The SMILES string of the molecule is Cc1noc(C)c1NC[N+](=O)c1ccc(N2CCN(C3c4cnccc4NC(=O)c4ccccc43)CC2)c(F)c1. The summed E-state index contributed by atoms with van der Waals surface area (Å²) in [5, 5.41) is 9.88. The first-order valence-corrected chi connectivity index (χ1v) is 13.1. The second kappa shape index (κ2) is 10.5. The molecule has 1 saturated heterocycles. The van der Waals surface area contributed by atoms with Gasteiger partial charge < -0.3 is 20.1 Å². The molecule has 4 heterocycles. The number of nitroso groups, excluding NO2 is 1. The minimum absolute atomic E-state index is 0.0725. The number of nitrogens with one attached hydrogen (secondary N) is 2. The van der Waals surface area contributed by atoms with Crippen LogP contribution in [0, 0.1) is 24.6 Å². The Bertz CT molecular complexity index is 1580. The van der Waals surface area contributed by atoms with Gasteiger partial charge in [0.25, 0.3) is 18.3 Å². The fourth-order valence-corrected chi connectivity index (χ4v) is 5.54. The highest BCUT2D eigenvalue weighted by atomic mass is 19.1. The molecular formula is C29H29FN7O3+. The summed E-state index contributed by atoms with van der Waals surface area (Å²) < 4.78 is 21.1. The lowest BCUT2D eigenvalue weighted by Crippen LogP contribution is -2.48. The minimum Gasteiger partial charge on any atom is -0.367 e. The quantitative estimate of drug-likeness (QED) is 0.265. The van der Waals surface area contributed by atoms with E-state index < -0.39 is 5.82 Å². The number of carbonyl (C=O) groups is 1. The Balaban J connectivity index is 1.17. The van der Waals surface area contributed by atoms with Crippen LogP contribution in [0.1, 0.15) is 39.0 Å². The van der Waals surface area contributed by atoms with E-state index in [0.717, 1.165) is 16.8 Å². The average molecular weight is 543 g/mol. The van der Waals surface area contributed by atoms with Crippen LogP contribution < -0.4 is 15.5 Å². The Kier molecular flexibility index (Phi) is 6.72. The summed E-state index contributed by atoms with van der Waals surface area (Å²) in [7, 11) is 0. The van der Waals surface area contributed by atoms with E-state index in [0.29, 0.717) is 59.3 Å². The molecule has 4 aromatic rings. The van der Waals surface area contributed by atoms with Gasteiger partial charge in [0.05, 0.1) is 22.6 Å². The van der Waals surface area contributed by atoms with Crippen molar-refractivity contribution < 1.29 is 18.5 Å². The van der Waals surface area contributed by atoms with Gasteiger partial charge in [0.15, 0.2) is 11.6 Å². The molecule has 0 bridgehead atoms. The number of fused-ring (bicyclic) bond motifs is 2. The van der Waals surface area contributed by atoms with E-state index in [1.807, 2.05) is 41.4 Å². The Morgan fingerprint density at radius 1 is 1.10 bits per heavy atom. The van der Waals surface area contributed by atoms with Crippen molar-refractivity contribution in [3.63, 3.8) is 0 Å². The topological polar surface area (TPSA) is 107 Å². The van der Waals surface area contributed by atoms with Crippen LogP contribution >= 0.6 is 0 Å². The molecule has 0 saturated carbocycles. The third kappa shape index (κ3) is 4.68. The number of nitrogens with zero attached hydrogens (tertiary/aromatic N) is 5. The van der Waals surface area contributed by atoms with E-state index in [2.05, 4.69) is 25.7 Å². The first-order valence-electron chi connectivity index (χ1n) is 13.1. The van der Waals surface area contributed by atoms with Crippen molar-refractivity contribution in [1.29, 1.82) is 0 Å². The number of pyridine rings is 1. The van der Waals surface area contributed by atoms with Crippen molar-refractivity contribution in [2.75, 3.05) is 48.4 Å². The molecule has 2 aliphatic heterocycles. The number of hydrogen-bond donors (Lipinski definition) is 2. The second-order valence-electron chi connectivity index (χ2n) is 9.98. The number of carbonyl (C=O) groups excluding carboxylic acids is 1. The maximum Gasteiger partial charge on any atom is 0.271 e. The van der Waals surface area contributed by atoms with Crippen molar-refractivity contribution in [3.8, 4) is 0 Å². The molecule has 40 heavy (non-hydrogen) atoms. The molecule has 6 rings (SSSR count). The standard InChI is InChI=1S/C29H28FN7O3/c1-18-27(19(2)40-34-18)32-17-37(39)20-7-8-26(24(30)15-20)35-11-13-36(14-12-35)28-21-5-3-4-6-22(21)29(38)33-25-9-10-31-16-23(25)28/h3-10,15-16,28,32H,11-14,17H2,1-2H3/p+1. The molecule has 2 N–H and O–H groups in total. The zero-order chi connectivity index (χ0) is 27.8. The third-order valence-electron chi connectivity index (χ3n) is 7.57. The normalized spacial score (nSPS) is 17.0. The second-order valence-corrected chi connectivity index (χ2v) is 9.98. The predicted molar refractivity (Wildman–Crippen MR) is 148 cm³/mol. The van der Waals surface area contributed by atoms with E-state index in [-0.39, 0.29) is 24.3 Å². The van der Waals surface area contributed by atoms with Gasteiger partial charge in [-0.1, -0.05) is 23.4 Å². The number of amides is 1. The molecule has 1 amide bonds. The molecule has 0 radical (unpaired) electrons. The molecule has 2 aromatic heterocycles.